The minimum absolute atomic E-state index is 0.0738. The largest absolute Gasteiger partial charge is 0.392 e. The maximum atomic E-state index is 12.0. The predicted molar refractivity (Wildman–Crippen MR) is 74.8 cm³/mol. The molecular weight excluding hydrogens is 248 g/mol. The summed E-state index contributed by atoms with van der Waals surface area (Å²) >= 11 is 1.68. The molecule has 0 fully saturated rings. The molecule has 0 bridgehead atoms. The molecule has 0 spiro atoms. The molecule has 1 heterocycles. The average molecular weight is 270 g/mol. The van der Waals surface area contributed by atoms with Crippen molar-refractivity contribution in [3.63, 3.8) is 0 Å². The molecule has 0 radical (unpaired) electrons. The van der Waals surface area contributed by atoms with E-state index in [1.54, 1.807) is 23.2 Å². The number of aliphatic hydroxyl groups is 1. The Labute approximate surface area is 113 Å². The van der Waals surface area contributed by atoms with Crippen molar-refractivity contribution in [1.29, 1.82) is 0 Å². The minimum atomic E-state index is -0.512. The van der Waals surface area contributed by atoms with E-state index < -0.39 is 6.10 Å². The molecule has 1 aromatic heterocycles. The summed E-state index contributed by atoms with van der Waals surface area (Å²) < 4.78 is 0. The van der Waals surface area contributed by atoms with Gasteiger partial charge in [0, 0.05) is 22.3 Å². The van der Waals surface area contributed by atoms with Crippen molar-refractivity contribution in [3.05, 3.63) is 21.9 Å². The van der Waals surface area contributed by atoms with E-state index in [2.05, 4.69) is 5.32 Å². The van der Waals surface area contributed by atoms with Crippen LogP contribution < -0.4 is 5.32 Å². The van der Waals surface area contributed by atoms with Crippen LogP contribution in [0.3, 0.4) is 0 Å². The summed E-state index contributed by atoms with van der Waals surface area (Å²) in [5, 5.41) is 12.3. The smallest absolute Gasteiger partial charge is 0.318 e. The Bertz CT molecular complexity index is 388. The van der Waals surface area contributed by atoms with Crippen LogP contribution in [-0.4, -0.2) is 34.7 Å². The number of aryl methyl sites for hydroxylation is 1. The van der Waals surface area contributed by atoms with Crippen molar-refractivity contribution in [2.24, 2.45) is 0 Å². The molecule has 1 rings (SSSR count). The van der Waals surface area contributed by atoms with Gasteiger partial charge in [-0.15, -0.1) is 11.3 Å². The summed E-state index contributed by atoms with van der Waals surface area (Å²) in [7, 11) is 0. The van der Waals surface area contributed by atoms with Gasteiger partial charge in [-0.25, -0.2) is 4.79 Å². The van der Waals surface area contributed by atoms with Crippen LogP contribution in [0, 0.1) is 6.92 Å². The fraction of sp³-hybridized carbons (Fsp3) is 0.615. The lowest BCUT2D eigenvalue weighted by molar-refractivity contribution is 0.119. The SMILES string of the molecule is Cc1ccc(CNC(=O)N(CC(C)O)C(C)C)s1. The first-order chi connectivity index (χ1) is 8.40. The van der Waals surface area contributed by atoms with Gasteiger partial charge in [0.25, 0.3) is 0 Å². The fourth-order valence-corrected chi connectivity index (χ4v) is 2.49. The number of hydrogen-bond donors (Lipinski definition) is 2. The Morgan fingerprint density at radius 1 is 1.44 bits per heavy atom. The number of nitrogens with one attached hydrogen (secondary N) is 1. The van der Waals surface area contributed by atoms with Gasteiger partial charge in [-0.2, -0.15) is 0 Å². The number of thiophene rings is 1. The molecule has 4 nitrogen and oxygen atoms in total. The number of urea groups is 1. The van der Waals surface area contributed by atoms with E-state index in [-0.39, 0.29) is 12.1 Å². The van der Waals surface area contributed by atoms with Gasteiger partial charge < -0.3 is 15.3 Å². The van der Waals surface area contributed by atoms with E-state index >= 15 is 0 Å². The summed E-state index contributed by atoms with van der Waals surface area (Å²) in [6.45, 7) is 8.51. The second-order valence-corrected chi connectivity index (χ2v) is 6.14. The van der Waals surface area contributed by atoms with E-state index in [1.165, 1.54) is 4.88 Å². The second kappa shape index (κ2) is 6.75. The zero-order chi connectivity index (χ0) is 13.7. The van der Waals surface area contributed by atoms with Crippen molar-refractivity contribution in [2.75, 3.05) is 6.54 Å². The van der Waals surface area contributed by atoms with E-state index in [1.807, 2.05) is 32.9 Å². The van der Waals surface area contributed by atoms with E-state index in [4.69, 9.17) is 0 Å². The number of hydrogen-bond acceptors (Lipinski definition) is 3. The van der Waals surface area contributed by atoms with Crippen molar-refractivity contribution >= 4 is 17.4 Å². The van der Waals surface area contributed by atoms with Crippen molar-refractivity contribution in [1.82, 2.24) is 10.2 Å². The van der Waals surface area contributed by atoms with Crippen LogP contribution in [0.5, 0.6) is 0 Å². The zero-order valence-corrected chi connectivity index (χ0v) is 12.3. The molecular formula is C13H22N2O2S. The highest BCUT2D eigenvalue weighted by atomic mass is 32.1. The van der Waals surface area contributed by atoms with Crippen LogP contribution in [-0.2, 0) is 6.54 Å². The normalized spacial score (nSPS) is 12.6. The molecule has 0 aromatic carbocycles. The van der Waals surface area contributed by atoms with Gasteiger partial charge >= 0.3 is 6.03 Å². The van der Waals surface area contributed by atoms with Gasteiger partial charge in [-0.3, -0.25) is 0 Å². The Balaban J connectivity index is 2.51. The highest BCUT2D eigenvalue weighted by molar-refractivity contribution is 7.11. The first-order valence-electron chi connectivity index (χ1n) is 6.18. The van der Waals surface area contributed by atoms with Crippen LogP contribution >= 0.6 is 11.3 Å². The minimum Gasteiger partial charge on any atom is -0.392 e. The van der Waals surface area contributed by atoms with Crippen molar-refractivity contribution in [3.8, 4) is 0 Å². The third kappa shape index (κ3) is 4.66. The monoisotopic (exact) mass is 270 g/mol. The standard InChI is InChI=1S/C13H22N2O2S/c1-9(2)15(8-10(3)16)13(17)14-7-12-6-5-11(4)18-12/h5-6,9-10,16H,7-8H2,1-4H3,(H,14,17). The number of carbonyl (C=O) groups excluding carboxylic acids is 1. The van der Waals surface area contributed by atoms with Crippen LogP contribution in [0.25, 0.3) is 0 Å². The van der Waals surface area contributed by atoms with Crippen molar-refractivity contribution < 1.29 is 9.90 Å². The Morgan fingerprint density at radius 3 is 2.56 bits per heavy atom. The van der Waals surface area contributed by atoms with Gasteiger partial charge in [0.05, 0.1) is 12.6 Å². The van der Waals surface area contributed by atoms with E-state index in [9.17, 15) is 9.90 Å². The molecule has 2 amide bonds. The van der Waals surface area contributed by atoms with Crippen LogP contribution in [0.2, 0.25) is 0 Å². The van der Waals surface area contributed by atoms with Crippen LogP contribution in [0.15, 0.2) is 12.1 Å². The second-order valence-electron chi connectivity index (χ2n) is 4.77. The summed E-state index contributed by atoms with van der Waals surface area (Å²) in [6, 6.07) is 4.01. The molecule has 0 aliphatic carbocycles. The lowest BCUT2D eigenvalue weighted by Gasteiger charge is -2.28. The van der Waals surface area contributed by atoms with E-state index in [0.29, 0.717) is 13.1 Å². The summed E-state index contributed by atoms with van der Waals surface area (Å²) in [5.41, 5.74) is 0. The Kier molecular flexibility index (Phi) is 5.62. The predicted octanol–water partition coefficient (Wildman–Crippen LogP) is 2.36. The zero-order valence-electron chi connectivity index (χ0n) is 11.4. The van der Waals surface area contributed by atoms with Crippen molar-refractivity contribution in [2.45, 2.75) is 46.4 Å². The molecule has 1 aromatic rings. The summed E-state index contributed by atoms with van der Waals surface area (Å²) in [4.78, 5) is 16.0. The molecule has 1 atom stereocenters. The molecule has 0 saturated heterocycles. The van der Waals surface area contributed by atoms with Crippen LogP contribution in [0.1, 0.15) is 30.5 Å². The van der Waals surface area contributed by atoms with Gasteiger partial charge in [0.2, 0.25) is 0 Å². The highest BCUT2D eigenvalue weighted by Crippen LogP contribution is 2.14. The van der Waals surface area contributed by atoms with Gasteiger partial charge in [0.15, 0.2) is 0 Å². The number of rotatable bonds is 5. The first-order valence-corrected chi connectivity index (χ1v) is 6.99. The lowest BCUT2D eigenvalue weighted by Crippen LogP contribution is -2.46. The quantitative estimate of drug-likeness (QED) is 0.863. The van der Waals surface area contributed by atoms with Gasteiger partial charge in [-0.05, 0) is 39.8 Å². The molecule has 102 valence electrons. The fourth-order valence-electron chi connectivity index (χ4n) is 1.66. The molecule has 2 N–H and O–H groups in total. The number of carbonyl (C=O) groups is 1. The number of amides is 2. The average Bonchev–Trinajstić information content (AvgIpc) is 2.68. The number of aliphatic hydroxyl groups excluding tert-OH is 1. The molecule has 0 aliphatic rings. The van der Waals surface area contributed by atoms with E-state index in [0.717, 1.165) is 4.88 Å². The number of nitrogens with zero attached hydrogens (tertiary/aromatic N) is 1. The maximum absolute atomic E-state index is 12.0. The third-order valence-electron chi connectivity index (χ3n) is 2.55. The van der Waals surface area contributed by atoms with Gasteiger partial charge in [0.1, 0.15) is 0 Å². The summed E-state index contributed by atoms with van der Waals surface area (Å²) in [6.07, 6.45) is -0.512. The first kappa shape index (κ1) is 15.0. The molecule has 0 aliphatic heterocycles. The Hall–Kier alpha value is -1.07. The highest BCUT2D eigenvalue weighted by Gasteiger charge is 2.18. The molecule has 5 heteroatoms. The Morgan fingerprint density at radius 2 is 2.11 bits per heavy atom. The summed E-state index contributed by atoms with van der Waals surface area (Å²) in [5.74, 6) is 0. The molecule has 0 saturated carbocycles. The van der Waals surface area contributed by atoms with Gasteiger partial charge in [-0.1, -0.05) is 0 Å². The topological polar surface area (TPSA) is 52.6 Å². The molecule has 1 unspecified atom stereocenters. The maximum Gasteiger partial charge on any atom is 0.318 e. The lowest BCUT2D eigenvalue weighted by atomic mass is 10.3. The van der Waals surface area contributed by atoms with Crippen LogP contribution in [0.4, 0.5) is 4.79 Å². The molecule has 18 heavy (non-hydrogen) atoms. The third-order valence-corrected chi connectivity index (χ3v) is 3.56.